The van der Waals surface area contributed by atoms with Gasteiger partial charge in [-0.3, -0.25) is 0 Å². The summed E-state index contributed by atoms with van der Waals surface area (Å²) in [4.78, 5) is 14.7. The third-order valence-corrected chi connectivity index (χ3v) is 4.86. The van der Waals surface area contributed by atoms with Crippen LogP contribution in [-0.2, 0) is 10.3 Å². The van der Waals surface area contributed by atoms with E-state index >= 15 is 0 Å². The average molecular weight is 344 g/mol. The van der Waals surface area contributed by atoms with Crippen molar-refractivity contribution in [3.8, 4) is 0 Å². The normalized spacial score (nSPS) is 18.1. The molecule has 1 heterocycles. The summed E-state index contributed by atoms with van der Waals surface area (Å²) in [5, 5.41) is 3.20. The zero-order valence-corrected chi connectivity index (χ0v) is 16.1. The molecule has 1 atom stereocenters. The molecule has 1 fully saturated rings. The van der Waals surface area contributed by atoms with Gasteiger partial charge in [0.05, 0.1) is 12.1 Å². The van der Waals surface area contributed by atoms with Gasteiger partial charge in [-0.2, -0.15) is 0 Å². The molecule has 1 N–H and O–H groups in total. The van der Waals surface area contributed by atoms with Crippen LogP contribution in [-0.4, -0.2) is 37.2 Å². The highest BCUT2D eigenvalue weighted by Crippen LogP contribution is 2.25. The molecule has 1 saturated heterocycles. The van der Waals surface area contributed by atoms with Crippen molar-refractivity contribution in [2.75, 3.05) is 26.3 Å². The highest BCUT2D eigenvalue weighted by Gasteiger charge is 2.29. The van der Waals surface area contributed by atoms with E-state index in [1.54, 1.807) is 0 Å². The number of ether oxygens (including phenoxy) is 1. The second-order valence-corrected chi connectivity index (χ2v) is 7.53. The molecule has 2 rings (SSSR count). The Morgan fingerprint density at radius 1 is 1.44 bits per heavy atom. The Kier molecular flexibility index (Phi) is 6.65. The van der Waals surface area contributed by atoms with Crippen molar-refractivity contribution in [2.24, 2.45) is 5.92 Å². The number of nitrogens with one attached hydrogen (secondary N) is 1. The van der Waals surface area contributed by atoms with E-state index < -0.39 is 5.54 Å². The highest BCUT2D eigenvalue weighted by molar-refractivity contribution is 5.75. The van der Waals surface area contributed by atoms with Crippen molar-refractivity contribution in [2.45, 2.75) is 46.1 Å². The summed E-state index contributed by atoms with van der Waals surface area (Å²) in [5.74, 6) is 0.439. The van der Waals surface area contributed by atoms with Gasteiger partial charge in [-0.1, -0.05) is 30.4 Å². The number of hydrogen-bond donors (Lipinski definition) is 1. The monoisotopic (exact) mass is 344 g/mol. The van der Waals surface area contributed by atoms with Crippen LogP contribution in [0.25, 0.3) is 5.57 Å². The smallest absolute Gasteiger partial charge is 0.318 e. The Balaban J connectivity index is 2.02. The Morgan fingerprint density at radius 2 is 2.20 bits per heavy atom. The molecule has 4 nitrogen and oxygen atoms in total. The molecule has 0 aliphatic carbocycles. The molecule has 0 radical (unpaired) electrons. The summed E-state index contributed by atoms with van der Waals surface area (Å²) < 4.78 is 5.54. The first-order valence-corrected chi connectivity index (χ1v) is 9.24. The third kappa shape index (κ3) is 5.33. The van der Waals surface area contributed by atoms with Crippen molar-refractivity contribution in [3.63, 3.8) is 0 Å². The number of piperidine rings is 1. The molecule has 0 bridgehead atoms. The fraction of sp³-hybridized carbons (Fsp3) is 0.571. The number of carbonyl (C=O) groups is 1. The summed E-state index contributed by atoms with van der Waals surface area (Å²) in [6.07, 6.45) is 2.17. The van der Waals surface area contributed by atoms with Crippen LogP contribution in [0.2, 0.25) is 0 Å². The van der Waals surface area contributed by atoms with Crippen molar-refractivity contribution in [3.05, 3.63) is 42.0 Å². The SMILES string of the molecule is C=C(C)c1cccc(C(C)(C)NC(=O)N2CCCC(COCC)C2)c1. The Morgan fingerprint density at radius 3 is 2.88 bits per heavy atom. The van der Waals surface area contributed by atoms with E-state index in [0.29, 0.717) is 5.92 Å². The van der Waals surface area contributed by atoms with Gasteiger partial charge in [-0.25, -0.2) is 4.79 Å². The maximum Gasteiger partial charge on any atom is 0.318 e. The van der Waals surface area contributed by atoms with Crippen LogP contribution in [0.15, 0.2) is 30.8 Å². The van der Waals surface area contributed by atoms with Gasteiger partial charge in [0.2, 0.25) is 0 Å². The number of rotatable bonds is 6. The largest absolute Gasteiger partial charge is 0.381 e. The van der Waals surface area contributed by atoms with Gasteiger partial charge in [0, 0.05) is 25.6 Å². The topological polar surface area (TPSA) is 41.6 Å². The van der Waals surface area contributed by atoms with Crippen molar-refractivity contribution in [1.82, 2.24) is 10.2 Å². The highest BCUT2D eigenvalue weighted by atomic mass is 16.5. The van der Waals surface area contributed by atoms with Crippen molar-refractivity contribution in [1.29, 1.82) is 0 Å². The average Bonchev–Trinajstić information content (AvgIpc) is 2.60. The maximum atomic E-state index is 12.8. The lowest BCUT2D eigenvalue weighted by Gasteiger charge is -2.36. The molecule has 0 aromatic heterocycles. The molecule has 0 saturated carbocycles. The van der Waals surface area contributed by atoms with Crippen molar-refractivity contribution < 1.29 is 9.53 Å². The summed E-state index contributed by atoms with van der Waals surface area (Å²) in [6.45, 7) is 15.2. The number of allylic oxidation sites excluding steroid dienone is 1. The maximum absolute atomic E-state index is 12.8. The van der Waals surface area contributed by atoms with Gasteiger partial charge in [0.15, 0.2) is 0 Å². The van der Waals surface area contributed by atoms with Crippen LogP contribution in [0.4, 0.5) is 4.79 Å². The molecule has 1 unspecified atom stereocenters. The third-order valence-electron chi connectivity index (χ3n) is 4.86. The minimum absolute atomic E-state index is 0.00641. The molecule has 2 amide bonds. The molecule has 1 aromatic rings. The van der Waals surface area contributed by atoms with Crippen molar-refractivity contribution >= 4 is 11.6 Å². The molecule has 0 spiro atoms. The van der Waals surface area contributed by atoms with E-state index in [0.717, 1.165) is 55.8 Å². The second-order valence-electron chi connectivity index (χ2n) is 7.53. The molecule has 25 heavy (non-hydrogen) atoms. The standard InChI is InChI=1S/C21H32N2O2/c1-6-25-15-17-9-8-12-23(14-17)20(24)22-21(4,5)19-11-7-10-18(13-19)16(2)3/h7,10-11,13,17H,2,6,8-9,12,14-15H2,1,3-5H3,(H,22,24). The Labute approximate surface area is 152 Å². The van der Waals surface area contributed by atoms with Gasteiger partial charge in [-0.15, -0.1) is 0 Å². The predicted molar refractivity (Wildman–Crippen MR) is 103 cm³/mol. The van der Waals surface area contributed by atoms with E-state index in [1.807, 2.05) is 44.7 Å². The fourth-order valence-corrected chi connectivity index (χ4v) is 3.26. The van der Waals surface area contributed by atoms with Gasteiger partial charge in [0.1, 0.15) is 0 Å². The molecular formula is C21H32N2O2. The fourth-order valence-electron chi connectivity index (χ4n) is 3.26. The molecule has 1 aliphatic heterocycles. The number of amides is 2. The number of carbonyl (C=O) groups excluding carboxylic acids is 1. The first kappa shape index (κ1) is 19.5. The van der Waals surface area contributed by atoms with E-state index in [2.05, 4.69) is 24.0 Å². The van der Waals surface area contributed by atoms with Crippen LogP contribution < -0.4 is 5.32 Å². The van der Waals surface area contributed by atoms with Gasteiger partial charge >= 0.3 is 6.03 Å². The lowest BCUT2D eigenvalue weighted by molar-refractivity contribution is 0.0743. The molecule has 138 valence electrons. The summed E-state index contributed by atoms with van der Waals surface area (Å²) >= 11 is 0. The van der Waals surface area contributed by atoms with Gasteiger partial charge < -0.3 is 15.0 Å². The van der Waals surface area contributed by atoms with Gasteiger partial charge in [0.25, 0.3) is 0 Å². The van der Waals surface area contributed by atoms with Gasteiger partial charge in [-0.05, 0) is 57.7 Å². The molecule has 4 heteroatoms. The molecule has 1 aliphatic rings. The van der Waals surface area contributed by atoms with Crippen LogP contribution in [0.3, 0.4) is 0 Å². The minimum atomic E-state index is -0.435. The Hall–Kier alpha value is -1.81. The number of nitrogens with zero attached hydrogens (tertiary/aromatic N) is 1. The van der Waals surface area contributed by atoms with Crippen LogP contribution >= 0.6 is 0 Å². The number of hydrogen-bond acceptors (Lipinski definition) is 2. The zero-order valence-electron chi connectivity index (χ0n) is 16.1. The minimum Gasteiger partial charge on any atom is -0.381 e. The van der Waals surface area contributed by atoms with E-state index in [-0.39, 0.29) is 6.03 Å². The zero-order chi connectivity index (χ0) is 18.4. The predicted octanol–water partition coefficient (Wildman–Crippen LogP) is 4.41. The second kappa shape index (κ2) is 8.52. The van der Waals surface area contributed by atoms with Crippen LogP contribution in [0.1, 0.15) is 51.7 Å². The number of benzene rings is 1. The lowest BCUT2D eigenvalue weighted by Crippen LogP contribution is -2.51. The van der Waals surface area contributed by atoms with E-state index in [9.17, 15) is 4.79 Å². The number of urea groups is 1. The first-order chi connectivity index (χ1) is 11.8. The summed E-state index contributed by atoms with van der Waals surface area (Å²) in [5.41, 5.74) is 2.78. The van der Waals surface area contributed by atoms with E-state index in [4.69, 9.17) is 4.74 Å². The van der Waals surface area contributed by atoms with Crippen LogP contribution in [0, 0.1) is 5.92 Å². The first-order valence-electron chi connectivity index (χ1n) is 9.24. The summed E-state index contributed by atoms with van der Waals surface area (Å²) in [7, 11) is 0. The quantitative estimate of drug-likeness (QED) is 0.830. The van der Waals surface area contributed by atoms with Crippen LogP contribution in [0.5, 0.6) is 0 Å². The number of likely N-dealkylation sites (tertiary alicyclic amines) is 1. The van der Waals surface area contributed by atoms with E-state index in [1.165, 1.54) is 0 Å². The lowest BCUT2D eigenvalue weighted by atomic mass is 9.91. The molecule has 1 aromatic carbocycles. The Bertz CT molecular complexity index is 610. The summed E-state index contributed by atoms with van der Waals surface area (Å²) in [6, 6.07) is 8.24. The molecular weight excluding hydrogens is 312 g/mol.